The first kappa shape index (κ1) is 10.8. The highest BCUT2D eigenvalue weighted by atomic mass is 16.4. The van der Waals surface area contributed by atoms with Gasteiger partial charge in [0.25, 0.3) is 0 Å². The Hall–Kier alpha value is -1.75. The van der Waals surface area contributed by atoms with Gasteiger partial charge in [0.15, 0.2) is 0 Å². The average Bonchev–Trinajstić information content (AvgIpc) is 2.76. The van der Waals surface area contributed by atoms with Gasteiger partial charge in [0, 0.05) is 11.9 Å². The van der Waals surface area contributed by atoms with E-state index in [1.165, 1.54) is 0 Å². The Kier molecular flexibility index (Phi) is 3.26. The van der Waals surface area contributed by atoms with Crippen LogP contribution in [0.2, 0.25) is 0 Å². The normalized spacial score (nSPS) is 10.6. The van der Waals surface area contributed by atoms with Gasteiger partial charge in [0.05, 0.1) is 12.1 Å². The van der Waals surface area contributed by atoms with Crippen molar-refractivity contribution in [2.24, 2.45) is 0 Å². The number of rotatable bonds is 4. The lowest BCUT2D eigenvalue weighted by Crippen LogP contribution is -2.11. The third-order valence-corrected chi connectivity index (χ3v) is 2.15. The van der Waals surface area contributed by atoms with Crippen LogP contribution in [0.3, 0.4) is 0 Å². The maximum Gasteiger partial charge on any atom is 0.249 e. The van der Waals surface area contributed by atoms with Gasteiger partial charge in [0.1, 0.15) is 0 Å². The van der Waals surface area contributed by atoms with Crippen molar-refractivity contribution in [3.05, 3.63) is 29.9 Å². The molecular weight excluding hydrogens is 204 g/mol. The van der Waals surface area contributed by atoms with Crippen molar-refractivity contribution in [2.45, 2.75) is 20.4 Å². The van der Waals surface area contributed by atoms with Gasteiger partial charge in [-0.3, -0.25) is 4.98 Å². The molecule has 0 spiro atoms. The number of hydrogen-bond donors (Lipinski definition) is 1. The number of aryl methyl sites for hydroxylation is 1. The SMILES string of the molecule is CCNCc1nnc(-c2ccc(C)nc2)o1. The summed E-state index contributed by atoms with van der Waals surface area (Å²) in [5.41, 5.74) is 1.82. The largest absolute Gasteiger partial charge is 0.419 e. The van der Waals surface area contributed by atoms with Crippen LogP contribution in [0.25, 0.3) is 11.5 Å². The molecule has 5 nitrogen and oxygen atoms in total. The summed E-state index contributed by atoms with van der Waals surface area (Å²) in [6.07, 6.45) is 1.74. The van der Waals surface area contributed by atoms with E-state index in [2.05, 4.69) is 20.5 Å². The van der Waals surface area contributed by atoms with E-state index < -0.39 is 0 Å². The fourth-order valence-electron chi connectivity index (χ4n) is 1.27. The molecule has 0 aromatic carbocycles. The van der Waals surface area contributed by atoms with Gasteiger partial charge in [-0.1, -0.05) is 6.92 Å². The molecule has 0 saturated carbocycles. The van der Waals surface area contributed by atoms with Crippen molar-refractivity contribution >= 4 is 0 Å². The van der Waals surface area contributed by atoms with Crippen molar-refractivity contribution in [2.75, 3.05) is 6.54 Å². The lowest BCUT2D eigenvalue weighted by atomic mass is 10.2. The van der Waals surface area contributed by atoms with Crippen LogP contribution in [0, 0.1) is 6.92 Å². The Morgan fingerprint density at radius 3 is 2.88 bits per heavy atom. The Morgan fingerprint density at radius 2 is 2.19 bits per heavy atom. The molecule has 2 aromatic rings. The Morgan fingerprint density at radius 1 is 1.31 bits per heavy atom. The van der Waals surface area contributed by atoms with Crippen molar-refractivity contribution in [1.82, 2.24) is 20.5 Å². The predicted octanol–water partition coefficient (Wildman–Crippen LogP) is 1.55. The number of nitrogens with zero attached hydrogens (tertiary/aromatic N) is 3. The van der Waals surface area contributed by atoms with Crippen molar-refractivity contribution in [1.29, 1.82) is 0 Å². The zero-order chi connectivity index (χ0) is 11.4. The zero-order valence-corrected chi connectivity index (χ0v) is 9.40. The lowest BCUT2D eigenvalue weighted by Gasteiger charge is -1.95. The molecule has 0 aliphatic rings. The smallest absolute Gasteiger partial charge is 0.249 e. The summed E-state index contributed by atoms with van der Waals surface area (Å²) in [5.74, 6) is 1.11. The van der Waals surface area contributed by atoms with Gasteiger partial charge < -0.3 is 9.73 Å². The number of pyridine rings is 1. The van der Waals surface area contributed by atoms with Gasteiger partial charge in [-0.2, -0.15) is 0 Å². The standard InChI is InChI=1S/C11H14N4O/c1-3-12-7-10-14-15-11(16-10)9-5-4-8(2)13-6-9/h4-6,12H,3,7H2,1-2H3. The fraction of sp³-hybridized carbons (Fsp3) is 0.364. The van der Waals surface area contributed by atoms with Crippen molar-refractivity contribution in [3.8, 4) is 11.5 Å². The molecule has 16 heavy (non-hydrogen) atoms. The lowest BCUT2D eigenvalue weighted by molar-refractivity contribution is 0.482. The average molecular weight is 218 g/mol. The second kappa shape index (κ2) is 4.85. The van der Waals surface area contributed by atoms with Gasteiger partial charge in [-0.25, -0.2) is 0 Å². The molecule has 1 N–H and O–H groups in total. The minimum Gasteiger partial charge on any atom is -0.419 e. The third-order valence-electron chi connectivity index (χ3n) is 2.15. The van der Waals surface area contributed by atoms with Crippen LogP contribution < -0.4 is 5.32 Å². The van der Waals surface area contributed by atoms with E-state index in [4.69, 9.17) is 4.42 Å². The van der Waals surface area contributed by atoms with E-state index in [0.29, 0.717) is 18.3 Å². The van der Waals surface area contributed by atoms with E-state index in [-0.39, 0.29) is 0 Å². The van der Waals surface area contributed by atoms with Crippen LogP contribution in [0.5, 0.6) is 0 Å². The summed E-state index contributed by atoms with van der Waals surface area (Å²) in [6, 6.07) is 3.84. The summed E-state index contributed by atoms with van der Waals surface area (Å²) in [7, 11) is 0. The molecule has 0 unspecified atom stereocenters. The van der Waals surface area contributed by atoms with Crippen LogP contribution in [-0.2, 0) is 6.54 Å². The first-order valence-electron chi connectivity index (χ1n) is 5.25. The molecule has 0 saturated heterocycles. The molecule has 0 radical (unpaired) electrons. The van der Waals surface area contributed by atoms with Crippen molar-refractivity contribution < 1.29 is 4.42 Å². The fourth-order valence-corrected chi connectivity index (χ4v) is 1.27. The predicted molar refractivity (Wildman–Crippen MR) is 59.6 cm³/mol. The maximum absolute atomic E-state index is 5.49. The number of nitrogens with one attached hydrogen (secondary N) is 1. The summed E-state index contributed by atoms with van der Waals surface area (Å²) in [4.78, 5) is 4.18. The van der Waals surface area contributed by atoms with E-state index in [1.807, 2.05) is 26.0 Å². The molecule has 0 fully saturated rings. The molecule has 2 heterocycles. The molecule has 2 rings (SSSR count). The van der Waals surface area contributed by atoms with Crippen LogP contribution >= 0.6 is 0 Å². The van der Waals surface area contributed by atoms with Gasteiger partial charge in [0.2, 0.25) is 11.8 Å². The topological polar surface area (TPSA) is 63.8 Å². The first-order valence-corrected chi connectivity index (χ1v) is 5.25. The molecule has 2 aromatic heterocycles. The van der Waals surface area contributed by atoms with Crippen LogP contribution in [0.4, 0.5) is 0 Å². The molecular formula is C11H14N4O. The summed E-state index contributed by atoms with van der Waals surface area (Å²) >= 11 is 0. The second-order valence-electron chi connectivity index (χ2n) is 3.47. The quantitative estimate of drug-likeness (QED) is 0.843. The van der Waals surface area contributed by atoms with E-state index in [9.17, 15) is 0 Å². The van der Waals surface area contributed by atoms with Crippen LogP contribution in [0.15, 0.2) is 22.7 Å². The monoisotopic (exact) mass is 218 g/mol. The zero-order valence-electron chi connectivity index (χ0n) is 9.40. The van der Waals surface area contributed by atoms with E-state index in [1.54, 1.807) is 6.20 Å². The number of hydrogen-bond acceptors (Lipinski definition) is 5. The molecule has 0 aliphatic carbocycles. The van der Waals surface area contributed by atoms with E-state index >= 15 is 0 Å². The van der Waals surface area contributed by atoms with Crippen LogP contribution in [0.1, 0.15) is 18.5 Å². The van der Waals surface area contributed by atoms with Gasteiger partial charge in [-0.05, 0) is 25.6 Å². The van der Waals surface area contributed by atoms with E-state index in [0.717, 1.165) is 17.8 Å². The Bertz CT molecular complexity index is 449. The molecule has 84 valence electrons. The number of aromatic nitrogens is 3. The minimum absolute atomic E-state index is 0.514. The molecule has 0 amide bonds. The molecule has 0 bridgehead atoms. The molecule has 5 heteroatoms. The van der Waals surface area contributed by atoms with Gasteiger partial charge >= 0.3 is 0 Å². The first-order chi connectivity index (χ1) is 7.79. The third kappa shape index (κ3) is 2.43. The van der Waals surface area contributed by atoms with Crippen molar-refractivity contribution in [3.63, 3.8) is 0 Å². The second-order valence-corrected chi connectivity index (χ2v) is 3.47. The maximum atomic E-state index is 5.49. The van der Waals surface area contributed by atoms with Gasteiger partial charge in [-0.15, -0.1) is 10.2 Å². The highest BCUT2D eigenvalue weighted by Gasteiger charge is 2.07. The van der Waals surface area contributed by atoms with Crippen LogP contribution in [-0.4, -0.2) is 21.7 Å². The molecule has 0 atom stereocenters. The minimum atomic E-state index is 0.514. The Labute approximate surface area is 93.9 Å². The summed E-state index contributed by atoms with van der Waals surface area (Å²) in [6.45, 7) is 5.45. The highest BCUT2D eigenvalue weighted by molar-refractivity contribution is 5.50. The summed E-state index contributed by atoms with van der Waals surface area (Å²) in [5, 5.41) is 11.0. The molecule has 0 aliphatic heterocycles. The summed E-state index contributed by atoms with van der Waals surface area (Å²) < 4.78 is 5.49. The highest BCUT2D eigenvalue weighted by Crippen LogP contribution is 2.16. The Balaban J connectivity index is 2.15.